The molecule has 0 heterocycles. The van der Waals surface area contributed by atoms with Gasteiger partial charge in [-0.3, -0.25) is 0 Å². The van der Waals surface area contributed by atoms with Crippen molar-refractivity contribution in [3.63, 3.8) is 0 Å². The molecule has 0 aliphatic rings. The van der Waals surface area contributed by atoms with Gasteiger partial charge in [0.1, 0.15) is 5.75 Å². The van der Waals surface area contributed by atoms with E-state index in [0.29, 0.717) is 6.61 Å². The fraction of sp³-hybridized carbons (Fsp3) is 0.294. The first kappa shape index (κ1) is 14.9. The number of anilines is 1. The van der Waals surface area contributed by atoms with Crippen LogP contribution in [0.2, 0.25) is 0 Å². The van der Waals surface area contributed by atoms with E-state index in [1.54, 1.807) is 0 Å². The van der Waals surface area contributed by atoms with Gasteiger partial charge in [0.15, 0.2) is 0 Å². The summed E-state index contributed by atoms with van der Waals surface area (Å²) in [6.07, 6.45) is 1.08. The van der Waals surface area contributed by atoms with Crippen LogP contribution in [0.4, 0.5) is 5.69 Å². The predicted molar refractivity (Wildman–Crippen MR) is 88.5 cm³/mol. The maximum absolute atomic E-state index is 5.51. The van der Waals surface area contributed by atoms with E-state index < -0.39 is 0 Å². The molecule has 1 N–H and O–H groups in total. The average molecular weight is 334 g/mol. The van der Waals surface area contributed by atoms with E-state index in [-0.39, 0.29) is 0 Å². The van der Waals surface area contributed by atoms with Crippen molar-refractivity contribution in [3.05, 3.63) is 58.1 Å². The van der Waals surface area contributed by atoms with Crippen molar-refractivity contribution in [2.45, 2.75) is 26.8 Å². The molecule has 0 aromatic heterocycles. The molecule has 0 amide bonds. The SMILES string of the molecule is CCOc1ccc(CNc2ccc(CC)cc2)cc1Br. The van der Waals surface area contributed by atoms with E-state index in [4.69, 9.17) is 4.74 Å². The number of ether oxygens (including phenoxy) is 1. The smallest absolute Gasteiger partial charge is 0.133 e. The molecule has 0 atom stereocenters. The number of nitrogens with one attached hydrogen (secondary N) is 1. The fourth-order valence-corrected chi connectivity index (χ4v) is 2.53. The van der Waals surface area contributed by atoms with Gasteiger partial charge in [0.25, 0.3) is 0 Å². The van der Waals surface area contributed by atoms with Crippen LogP contribution in [0.3, 0.4) is 0 Å². The molecule has 2 aromatic carbocycles. The van der Waals surface area contributed by atoms with Crippen LogP contribution < -0.4 is 10.1 Å². The Bertz CT molecular complexity index is 551. The van der Waals surface area contributed by atoms with Crippen molar-refractivity contribution in [1.82, 2.24) is 0 Å². The highest BCUT2D eigenvalue weighted by molar-refractivity contribution is 9.10. The van der Waals surface area contributed by atoms with Crippen LogP contribution in [0.5, 0.6) is 5.75 Å². The number of benzene rings is 2. The summed E-state index contributed by atoms with van der Waals surface area (Å²) in [6, 6.07) is 14.8. The quantitative estimate of drug-likeness (QED) is 0.801. The lowest BCUT2D eigenvalue weighted by Crippen LogP contribution is -2.00. The Kier molecular flexibility index (Phi) is 5.48. The number of hydrogen-bond acceptors (Lipinski definition) is 2. The highest BCUT2D eigenvalue weighted by Gasteiger charge is 2.02. The van der Waals surface area contributed by atoms with Crippen LogP contribution in [-0.4, -0.2) is 6.61 Å². The lowest BCUT2D eigenvalue weighted by molar-refractivity contribution is 0.338. The molecular formula is C17H20BrNO. The second-order valence-electron chi connectivity index (χ2n) is 4.60. The summed E-state index contributed by atoms with van der Waals surface area (Å²) in [5.41, 5.74) is 3.73. The van der Waals surface area contributed by atoms with Gasteiger partial charge in [-0.25, -0.2) is 0 Å². The third-order valence-electron chi connectivity index (χ3n) is 3.15. The zero-order valence-corrected chi connectivity index (χ0v) is 13.5. The van der Waals surface area contributed by atoms with Crippen molar-refractivity contribution in [3.8, 4) is 5.75 Å². The van der Waals surface area contributed by atoms with Gasteiger partial charge in [-0.2, -0.15) is 0 Å². The van der Waals surface area contributed by atoms with E-state index in [2.05, 4.69) is 64.6 Å². The molecular weight excluding hydrogens is 314 g/mol. The van der Waals surface area contributed by atoms with Crippen molar-refractivity contribution < 1.29 is 4.74 Å². The summed E-state index contributed by atoms with van der Waals surface area (Å²) in [6.45, 7) is 5.64. The molecule has 0 aliphatic carbocycles. The monoisotopic (exact) mass is 333 g/mol. The van der Waals surface area contributed by atoms with Gasteiger partial charge in [-0.15, -0.1) is 0 Å². The summed E-state index contributed by atoms with van der Waals surface area (Å²) < 4.78 is 6.51. The molecule has 0 fully saturated rings. The molecule has 2 aromatic rings. The van der Waals surface area contributed by atoms with Crippen molar-refractivity contribution in [2.24, 2.45) is 0 Å². The standard InChI is InChI=1S/C17H20BrNO/c1-3-13-5-8-15(9-6-13)19-12-14-7-10-17(20-4-2)16(18)11-14/h5-11,19H,3-4,12H2,1-2H3. The van der Waals surface area contributed by atoms with E-state index in [1.165, 1.54) is 11.1 Å². The fourth-order valence-electron chi connectivity index (χ4n) is 1.99. The second kappa shape index (κ2) is 7.34. The number of hydrogen-bond donors (Lipinski definition) is 1. The van der Waals surface area contributed by atoms with Gasteiger partial charge in [0.05, 0.1) is 11.1 Å². The maximum Gasteiger partial charge on any atom is 0.133 e. The molecule has 0 unspecified atom stereocenters. The molecule has 0 saturated heterocycles. The zero-order valence-electron chi connectivity index (χ0n) is 11.9. The minimum Gasteiger partial charge on any atom is -0.493 e. The molecule has 0 aliphatic heterocycles. The van der Waals surface area contributed by atoms with Crippen molar-refractivity contribution in [2.75, 3.05) is 11.9 Å². The number of rotatable bonds is 6. The predicted octanol–water partition coefficient (Wildman–Crippen LogP) is 5.02. The van der Waals surface area contributed by atoms with Gasteiger partial charge in [0.2, 0.25) is 0 Å². The minimum atomic E-state index is 0.681. The molecule has 0 radical (unpaired) electrons. The lowest BCUT2D eigenvalue weighted by Gasteiger charge is -2.10. The topological polar surface area (TPSA) is 21.3 Å². The van der Waals surface area contributed by atoms with Gasteiger partial charge in [-0.05, 0) is 64.7 Å². The van der Waals surface area contributed by atoms with Gasteiger partial charge < -0.3 is 10.1 Å². The Balaban J connectivity index is 1.97. The molecule has 106 valence electrons. The maximum atomic E-state index is 5.51. The van der Waals surface area contributed by atoms with Crippen LogP contribution in [0, 0.1) is 0 Å². The average Bonchev–Trinajstić information content (AvgIpc) is 2.48. The van der Waals surface area contributed by atoms with E-state index >= 15 is 0 Å². The zero-order chi connectivity index (χ0) is 14.4. The first-order valence-corrected chi connectivity index (χ1v) is 7.76. The lowest BCUT2D eigenvalue weighted by atomic mass is 10.1. The summed E-state index contributed by atoms with van der Waals surface area (Å²) in [4.78, 5) is 0. The van der Waals surface area contributed by atoms with E-state index in [1.807, 2.05) is 13.0 Å². The third-order valence-corrected chi connectivity index (χ3v) is 3.77. The molecule has 20 heavy (non-hydrogen) atoms. The van der Waals surface area contributed by atoms with Crippen molar-refractivity contribution >= 4 is 21.6 Å². The first-order valence-electron chi connectivity index (χ1n) is 6.97. The second-order valence-corrected chi connectivity index (χ2v) is 5.46. The van der Waals surface area contributed by atoms with E-state index in [9.17, 15) is 0 Å². The van der Waals surface area contributed by atoms with Crippen LogP contribution in [0.1, 0.15) is 25.0 Å². The Labute approximate surface area is 129 Å². The number of aryl methyl sites for hydroxylation is 1. The minimum absolute atomic E-state index is 0.681. The molecule has 0 bridgehead atoms. The van der Waals surface area contributed by atoms with E-state index in [0.717, 1.165) is 28.9 Å². The van der Waals surface area contributed by atoms with Crippen LogP contribution in [-0.2, 0) is 13.0 Å². The summed E-state index contributed by atoms with van der Waals surface area (Å²) >= 11 is 3.54. The summed E-state index contributed by atoms with van der Waals surface area (Å²) in [5, 5.41) is 3.43. The molecule has 0 saturated carbocycles. The normalized spacial score (nSPS) is 10.3. The molecule has 2 rings (SSSR count). The van der Waals surface area contributed by atoms with Crippen LogP contribution in [0.15, 0.2) is 46.9 Å². The first-order chi connectivity index (χ1) is 9.72. The van der Waals surface area contributed by atoms with Crippen molar-refractivity contribution in [1.29, 1.82) is 0 Å². The summed E-state index contributed by atoms with van der Waals surface area (Å²) in [7, 11) is 0. The third kappa shape index (κ3) is 4.01. The molecule has 2 nitrogen and oxygen atoms in total. The van der Waals surface area contributed by atoms with Gasteiger partial charge in [-0.1, -0.05) is 25.1 Å². The molecule has 0 spiro atoms. The molecule has 3 heteroatoms. The van der Waals surface area contributed by atoms with Crippen LogP contribution in [0.25, 0.3) is 0 Å². The number of halogens is 1. The van der Waals surface area contributed by atoms with Gasteiger partial charge in [0, 0.05) is 12.2 Å². The Morgan fingerprint density at radius 1 is 1.00 bits per heavy atom. The summed E-state index contributed by atoms with van der Waals surface area (Å²) in [5.74, 6) is 0.892. The highest BCUT2D eigenvalue weighted by atomic mass is 79.9. The van der Waals surface area contributed by atoms with Gasteiger partial charge >= 0.3 is 0 Å². The van der Waals surface area contributed by atoms with Crippen LogP contribution >= 0.6 is 15.9 Å². The largest absolute Gasteiger partial charge is 0.493 e. The Morgan fingerprint density at radius 2 is 1.70 bits per heavy atom. The highest BCUT2D eigenvalue weighted by Crippen LogP contribution is 2.26. The Morgan fingerprint density at radius 3 is 2.30 bits per heavy atom. The Hall–Kier alpha value is -1.48.